The first-order chi connectivity index (χ1) is 7.52. The molecule has 3 nitrogen and oxygen atoms in total. The minimum absolute atomic E-state index is 0.133. The molecule has 0 bridgehead atoms. The van der Waals surface area contributed by atoms with Crippen molar-refractivity contribution in [2.24, 2.45) is 11.7 Å². The Morgan fingerprint density at radius 2 is 2.06 bits per heavy atom. The molecule has 0 aromatic heterocycles. The van der Waals surface area contributed by atoms with Crippen LogP contribution in [0, 0.1) is 5.92 Å². The number of piperidine rings is 1. The van der Waals surface area contributed by atoms with Crippen molar-refractivity contribution in [1.29, 1.82) is 0 Å². The molecular formula is C13H26N2O. The van der Waals surface area contributed by atoms with Gasteiger partial charge in [-0.15, -0.1) is 0 Å². The lowest BCUT2D eigenvalue weighted by molar-refractivity contribution is -0.136. The topological polar surface area (TPSA) is 46.3 Å². The zero-order valence-corrected chi connectivity index (χ0v) is 10.9. The SMILES string of the molecule is CC(C)CCC1CCCCN1C(=O)[C@H](C)N. The molecule has 1 fully saturated rings. The Kier molecular flexibility index (Phi) is 5.26. The molecule has 1 heterocycles. The van der Waals surface area contributed by atoms with Gasteiger partial charge in [-0.25, -0.2) is 0 Å². The molecular weight excluding hydrogens is 200 g/mol. The van der Waals surface area contributed by atoms with Crippen LogP contribution in [0.5, 0.6) is 0 Å². The quantitative estimate of drug-likeness (QED) is 0.798. The predicted octanol–water partition coefficient (Wildman–Crippen LogP) is 2.15. The van der Waals surface area contributed by atoms with E-state index in [1.807, 2.05) is 4.90 Å². The zero-order valence-electron chi connectivity index (χ0n) is 10.9. The molecule has 0 radical (unpaired) electrons. The third-order valence-corrected chi connectivity index (χ3v) is 3.38. The number of nitrogens with two attached hydrogens (primary N) is 1. The fourth-order valence-corrected chi connectivity index (χ4v) is 2.38. The van der Waals surface area contributed by atoms with Crippen LogP contribution in [0.1, 0.15) is 52.9 Å². The van der Waals surface area contributed by atoms with Gasteiger partial charge < -0.3 is 10.6 Å². The number of hydrogen-bond donors (Lipinski definition) is 1. The number of carbonyl (C=O) groups is 1. The standard InChI is InChI=1S/C13H26N2O/c1-10(2)7-8-12-6-4-5-9-15(12)13(16)11(3)14/h10-12H,4-9,14H2,1-3H3/t11-,12?/m0/s1. The van der Waals surface area contributed by atoms with Gasteiger partial charge >= 0.3 is 0 Å². The van der Waals surface area contributed by atoms with Crippen LogP contribution in [-0.2, 0) is 4.79 Å². The Labute approximate surface area is 99.4 Å². The second-order valence-electron chi connectivity index (χ2n) is 5.44. The van der Waals surface area contributed by atoms with Crippen LogP contribution < -0.4 is 5.73 Å². The van der Waals surface area contributed by atoms with Gasteiger partial charge in [0.25, 0.3) is 0 Å². The van der Waals surface area contributed by atoms with Gasteiger partial charge in [-0.1, -0.05) is 13.8 Å². The van der Waals surface area contributed by atoms with Gasteiger partial charge in [-0.05, 0) is 44.9 Å². The van der Waals surface area contributed by atoms with E-state index in [4.69, 9.17) is 5.73 Å². The highest BCUT2D eigenvalue weighted by molar-refractivity contribution is 5.81. The van der Waals surface area contributed by atoms with Crippen molar-refractivity contribution in [2.45, 2.75) is 65.0 Å². The van der Waals surface area contributed by atoms with Gasteiger partial charge in [0.05, 0.1) is 6.04 Å². The first-order valence-corrected chi connectivity index (χ1v) is 6.58. The van der Waals surface area contributed by atoms with Gasteiger partial charge in [0, 0.05) is 12.6 Å². The van der Waals surface area contributed by atoms with E-state index >= 15 is 0 Å². The largest absolute Gasteiger partial charge is 0.338 e. The molecule has 16 heavy (non-hydrogen) atoms. The van der Waals surface area contributed by atoms with Gasteiger partial charge in [0.1, 0.15) is 0 Å². The molecule has 0 aromatic rings. The lowest BCUT2D eigenvalue weighted by Gasteiger charge is -2.37. The zero-order chi connectivity index (χ0) is 12.1. The summed E-state index contributed by atoms with van der Waals surface area (Å²) in [5.41, 5.74) is 5.69. The maximum Gasteiger partial charge on any atom is 0.239 e. The van der Waals surface area contributed by atoms with Crippen LogP contribution >= 0.6 is 0 Å². The Balaban J connectivity index is 2.53. The molecule has 2 atom stereocenters. The molecule has 1 rings (SSSR count). The third-order valence-electron chi connectivity index (χ3n) is 3.38. The minimum Gasteiger partial charge on any atom is -0.338 e. The first kappa shape index (κ1) is 13.5. The Bertz CT molecular complexity index is 226. The van der Waals surface area contributed by atoms with Crippen molar-refractivity contribution in [2.75, 3.05) is 6.54 Å². The number of amides is 1. The molecule has 0 saturated carbocycles. The lowest BCUT2D eigenvalue weighted by Crippen LogP contribution is -2.49. The first-order valence-electron chi connectivity index (χ1n) is 6.58. The lowest BCUT2D eigenvalue weighted by atomic mass is 9.94. The second kappa shape index (κ2) is 6.24. The normalized spacial score (nSPS) is 23.6. The fraction of sp³-hybridized carbons (Fsp3) is 0.923. The number of nitrogens with zero attached hydrogens (tertiary/aromatic N) is 1. The summed E-state index contributed by atoms with van der Waals surface area (Å²) in [5.74, 6) is 0.850. The molecule has 0 spiro atoms. The molecule has 1 aliphatic heterocycles. The van der Waals surface area contributed by atoms with Gasteiger partial charge in [-0.3, -0.25) is 4.79 Å². The van der Waals surface area contributed by atoms with E-state index in [0.29, 0.717) is 12.0 Å². The molecule has 1 aliphatic rings. The van der Waals surface area contributed by atoms with Gasteiger partial charge in [-0.2, -0.15) is 0 Å². The van der Waals surface area contributed by atoms with Crippen molar-refractivity contribution in [1.82, 2.24) is 4.90 Å². The highest BCUT2D eigenvalue weighted by Crippen LogP contribution is 2.23. The Hall–Kier alpha value is -0.570. The maximum absolute atomic E-state index is 12.0. The Morgan fingerprint density at radius 3 is 2.62 bits per heavy atom. The molecule has 3 heteroatoms. The summed E-state index contributed by atoms with van der Waals surface area (Å²) in [6.07, 6.45) is 5.89. The predicted molar refractivity (Wildman–Crippen MR) is 67.1 cm³/mol. The van der Waals surface area contributed by atoms with Crippen molar-refractivity contribution >= 4 is 5.91 Å². The Morgan fingerprint density at radius 1 is 1.38 bits per heavy atom. The number of hydrogen-bond acceptors (Lipinski definition) is 2. The highest BCUT2D eigenvalue weighted by atomic mass is 16.2. The third kappa shape index (κ3) is 3.78. The van der Waals surface area contributed by atoms with Crippen LogP contribution in [0.25, 0.3) is 0 Å². The summed E-state index contributed by atoms with van der Waals surface area (Å²) in [6, 6.07) is 0.0919. The van der Waals surface area contributed by atoms with Crippen LogP contribution in [-0.4, -0.2) is 29.4 Å². The fourth-order valence-electron chi connectivity index (χ4n) is 2.38. The average Bonchev–Trinajstić information content (AvgIpc) is 2.25. The van der Waals surface area contributed by atoms with E-state index in [1.165, 1.54) is 12.8 Å². The molecule has 94 valence electrons. The van der Waals surface area contributed by atoms with E-state index in [9.17, 15) is 4.79 Å². The number of rotatable bonds is 4. The van der Waals surface area contributed by atoms with Crippen molar-refractivity contribution in [3.63, 3.8) is 0 Å². The second-order valence-corrected chi connectivity index (χ2v) is 5.44. The van der Waals surface area contributed by atoms with E-state index in [-0.39, 0.29) is 11.9 Å². The minimum atomic E-state index is -0.348. The molecule has 0 aromatic carbocycles. The average molecular weight is 226 g/mol. The summed E-state index contributed by atoms with van der Waals surface area (Å²) < 4.78 is 0. The summed E-state index contributed by atoms with van der Waals surface area (Å²) in [5, 5.41) is 0. The summed E-state index contributed by atoms with van der Waals surface area (Å²) in [6.45, 7) is 7.17. The van der Waals surface area contributed by atoms with Crippen LogP contribution in [0.4, 0.5) is 0 Å². The van der Waals surface area contributed by atoms with Crippen molar-refractivity contribution < 1.29 is 4.79 Å². The summed E-state index contributed by atoms with van der Waals surface area (Å²) in [4.78, 5) is 14.0. The van der Waals surface area contributed by atoms with Crippen LogP contribution in [0.15, 0.2) is 0 Å². The molecule has 1 saturated heterocycles. The molecule has 2 N–H and O–H groups in total. The molecule has 1 unspecified atom stereocenters. The van der Waals surface area contributed by atoms with E-state index in [0.717, 1.165) is 25.8 Å². The maximum atomic E-state index is 12.0. The number of carbonyl (C=O) groups excluding carboxylic acids is 1. The smallest absolute Gasteiger partial charge is 0.239 e. The van der Waals surface area contributed by atoms with E-state index in [1.54, 1.807) is 6.92 Å². The van der Waals surface area contributed by atoms with Crippen LogP contribution in [0.3, 0.4) is 0 Å². The van der Waals surface area contributed by atoms with Crippen LogP contribution in [0.2, 0.25) is 0 Å². The van der Waals surface area contributed by atoms with E-state index < -0.39 is 0 Å². The highest BCUT2D eigenvalue weighted by Gasteiger charge is 2.27. The van der Waals surface area contributed by atoms with Gasteiger partial charge in [0.2, 0.25) is 5.91 Å². The monoisotopic (exact) mass is 226 g/mol. The van der Waals surface area contributed by atoms with Gasteiger partial charge in [0.15, 0.2) is 0 Å². The molecule has 0 aliphatic carbocycles. The van der Waals surface area contributed by atoms with Crippen molar-refractivity contribution in [3.8, 4) is 0 Å². The summed E-state index contributed by atoms with van der Waals surface area (Å²) >= 11 is 0. The van der Waals surface area contributed by atoms with Crippen molar-refractivity contribution in [3.05, 3.63) is 0 Å². The molecule has 1 amide bonds. The number of likely N-dealkylation sites (tertiary alicyclic amines) is 1. The van der Waals surface area contributed by atoms with E-state index in [2.05, 4.69) is 13.8 Å². The summed E-state index contributed by atoms with van der Waals surface area (Å²) in [7, 11) is 0.